The Balaban J connectivity index is 1.17. The molecule has 0 saturated heterocycles. The van der Waals surface area contributed by atoms with E-state index in [-0.39, 0.29) is 11.5 Å². The first kappa shape index (κ1) is 32.0. The Kier molecular flexibility index (Phi) is 6.52. The minimum atomic E-state index is 0.161. The van der Waals surface area contributed by atoms with E-state index in [4.69, 9.17) is 11.0 Å². The molecule has 0 saturated carbocycles. The third-order valence-corrected chi connectivity index (χ3v) is 12.9. The monoisotopic (exact) mass is 725 g/mol. The Morgan fingerprint density at radius 1 is 0.696 bits per heavy atom. The van der Waals surface area contributed by atoms with E-state index < -0.39 is 0 Å². The summed E-state index contributed by atoms with van der Waals surface area (Å²) < 4.78 is 14.1. The van der Waals surface area contributed by atoms with Crippen molar-refractivity contribution in [3.05, 3.63) is 157 Å². The number of benzene rings is 5. The average Bonchev–Trinajstić information content (AvgIpc) is 3.85. The first-order valence-corrected chi connectivity index (χ1v) is 20.2. The number of rotatable bonds is 1. The predicted molar refractivity (Wildman–Crippen MR) is 229 cm³/mol. The van der Waals surface area contributed by atoms with Crippen molar-refractivity contribution in [1.82, 2.24) is 4.40 Å². The molecule has 0 spiro atoms. The Labute approximate surface area is 325 Å². The van der Waals surface area contributed by atoms with E-state index in [1.807, 2.05) is 0 Å². The van der Waals surface area contributed by atoms with Gasteiger partial charge in [0.05, 0.1) is 28.5 Å². The summed E-state index contributed by atoms with van der Waals surface area (Å²) in [5, 5.41) is 7.43. The molecule has 2 atom stereocenters. The molecule has 7 heterocycles. The summed E-state index contributed by atoms with van der Waals surface area (Å²) in [7, 11) is 0. The van der Waals surface area contributed by atoms with Gasteiger partial charge in [0, 0.05) is 68.1 Å². The summed E-state index contributed by atoms with van der Waals surface area (Å²) in [6.45, 7) is 11.9. The van der Waals surface area contributed by atoms with E-state index >= 15 is 0 Å². The summed E-state index contributed by atoms with van der Waals surface area (Å²) in [6, 6.07) is 45.6. The quantitative estimate of drug-likeness (QED) is 0.155. The Bertz CT molecular complexity index is 3280. The van der Waals surface area contributed by atoms with Crippen molar-refractivity contribution < 1.29 is 13.6 Å². The molecule has 2 aliphatic rings. The molecular formula is C52H43N3O+2. The highest BCUT2D eigenvalue weighted by atomic mass is 16.3. The highest BCUT2D eigenvalue weighted by Gasteiger charge is 2.42. The molecule has 2 unspecified atom stereocenters. The highest BCUT2D eigenvalue weighted by molar-refractivity contribution is 6.34. The molecule has 10 aromatic rings. The van der Waals surface area contributed by atoms with Crippen LogP contribution in [0.2, 0.25) is 0 Å². The lowest BCUT2D eigenvalue weighted by molar-refractivity contribution is -0.720. The van der Waals surface area contributed by atoms with Crippen molar-refractivity contribution in [3.8, 4) is 22.5 Å². The minimum Gasteiger partial charge on any atom is -0.456 e. The maximum atomic E-state index is 6.65. The molecule has 0 aliphatic carbocycles. The maximum Gasteiger partial charge on any atom is 0.218 e. The number of hydrogen-bond donors (Lipinski definition) is 0. The van der Waals surface area contributed by atoms with Gasteiger partial charge >= 0.3 is 0 Å². The van der Waals surface area contributed by atoms with E-state index in [9.17, 15) is 0 Å². The fraction of sp³-hybridized carbons (Fsp3) is 0.192. The van der Waals surface area contributed by atoms with E-state index in [1.54, 1.807) is 0 Å². The zero-order chi connectivity index (χ0) is 37.4. The zero-order valence-corrected chi connectivity index (χ0v) is 32.1. The number of furan rings is 1. The van der Waals surface area contributed by atoms with Gasteiger partial charge in [-0.05, 0) is 90.4 Å². The Hall–Kier alpha value is -6.26. The summed E-state index contributed by atoms with van der Waals surface area (Å²) >= 11 is 0. The minimum absolute atomic E-state index is 0.161. The van der Waals surface area contributed by atoms with Crippen LogP contribution in [0.5, 0.6) is 0 Å². The van der Waals surface area contributed by atoms with Crippen LogP contribution in [0.15, 0.2) is 145 Å². The molecule has 0 amide bonds. The van der Waals surface area contributed by atoms with Crippen LogP contribution in [0.1, 0.15) is 62.3 Å². The van der Waals surface area contributed by atoms with Crippen molar-refractivity contribution >= 4 is 65.7 Å². The van der Waals surface area contributed by atoms with E-state index in [1.165, 1.54) is 88.1 Å². The summed E-state index contributed by atoms with van der Waals surface area (Å²) in [4.78, 5) is 0. The van der Waals surface area contributed by atoms with Gasteiger partial charge in [0.25, 0.3) is 0 Å². The van der Waals surface area contributed by atoms with Gasteiger partial charge in [0.2, 0.25) is 11.4 Å². The standard InChI is InChI=1S/C52H43N3O/c1-31-25-44-36(34-13-5-6-14-35(34)42-17-11-12-23-54(42)44)21-20-33-27-46-40(28-39(33)45-26-32(22-24-53(31)45)30-52(2,3)4)41-29-48-49(38-16-8-10-19-47(38)56-48)50-37-15-7-9-18-43(37)55(46)51(41)50/h5-19,22-24,26-29,36,44H,1,20-21,25,30H2,2-4H3/q+2. The first-order chi connectivity index (χ1) is 27.3. The number of para-hydroxylation sites is 2. The van der Waals surface area contributed by atoms with Gasteiger partial charge in [-0.25, -0.2) is 0 Å². The topological polar surface area (TPSA) is 25.3 Å². The molecule has 4 nitrogen and oxygen atoms in total. The third kappa shape index (κ3) is 4.47. The lowest BCUT2D eigenvalue weighted by Gasteiger charge is -2.31. The van der Waals surface area contributed by atoms with Gasteiger partial charge in [-0.1, -0.05) is 75.4 Å². The number of fused-ring (bicyclic) bond motifs is 19. The lowest BCUT2D eigenvalue weighted by Crippen LogP contribution is -2.49. The fourth-order valence-electron chi connectivity index (χ4n) is 10.7. The van der Waals surface area contributed by atoms with Crippen molar-refractivity contribution in [2.75, 3.05) is 0 Å². The fourth-order valence-corrected chi connectivity index (χ4v) is 10.7. The second-order valence-electron chi connectivity index (χ2n) is 17.6. The molecule has 2 aliphatic heterocycles. The number of aromatic nitrogens is 3. The van der Waals surface area contributed by atoms with Crippen LogP contribution in [0.25, 0.3) is 88.2 Å². The molecule has 4 heteroatoms. The maximum absolute atomic E-state index is 6.65. The van der Waals surface area contributed by atoms with Crippen molar-refractivity contribution in [1.29, 1.82) is 0 Å². The molecule has 0 fully saturated rings. The molecule has 5 aromatic heterocycles. The molecule has 0 N–H and O–H groups in total. The van der Waals surface area contributed by atoms with Crippen LogP contribution < -0.4 is 9.13 Å². The normalized spacial score (nSPS) is 17.1. The number of hydrogen-bond acceptors (Lipinski definition) is 1. The van der Waals surface area contributed by atoms with E-state index in [2.05, 4.69) is 168 Å². The van der Waals surface area contributed by atoms with Crippen molar-refractivity contribution in [2.24, 2.45) is 5.41 Å². The van der Waals surface area contributed by atoms with Gasteiger partial charge in [-0.3, -0.25) is 0 Å². The van der Waals surface area contributed by atoms with Gasteiger partial charge in [-0.2, -0.15) is 9.13 Å². The van der Waals surface area contributed by atoms with Crippen LogP contribution in [-0.2, 0) is 12.8 Å². The molecule has 270 valence electrons. The number of pyridine rings is 2. The van der Waals surface area contributed by atoms with Gasteiger partial charge in [0.15, 0.2) is 24.1 Å². The van der Waals surface area contributed by atoms with Gasteiger partial charge in [0.1, 0.15) is 11.2 Å². The molecule has 0 bridgehead atoms. The predicted octanol–water partition coefficient (Wildman–Crippen LogP) is 12.4. The van der Waals surface area contributed by atoms with Crippen molar-refractivity contribution in [3.63, 3.8) is 0 Å². The number of allylic oxidation sites excluding steroid dienone is 1. The second kappa shape index (κ2) is 11.4. The third-order valence-electron chi connectivity index (χ3n) is 12.9. The molecule has 56 heavy (non-hydrogen) atoms. The second-order valence-corrected chi connectivity index (χ2v) is 17.6. The smallest absolute Gasteiger partial charge is 0.218 e. The number of nitrogens with zero attached hydrogens (tertiary/aromatic N) is 3. The van der Waals surface area contributed by atoms with E-state index in [0.717, 1.165) is 42.5 Å². The van der Waals surface area contributed by atoms with Crippen molar-refractivity contribution in [2.45, 2.75) is 58.4 Å². The highest BCUT2D eigenvalue weighted by Crippen LogP contribution is 2.48. The van der Waals surface area contributed by atoms with Gasteiger partial charge < -0.3 is 8.82 Å². The van der Waals surface area contributed by atoms with Gasteiger partial charge in [-0.15, -0.1) is 0 Å². The first-order valence-electron chi connectivity index (χ1n) is 20.2. The van der Waals surface area contributed by atoms with Crippen LogP contribution in [0, 0.1) is 5.41 Å². The Morgan fingerprint density at radius 2 is 1.50 bits per heavy atom. The molecular weight excluding hydrogens is 683 g/mol. The summed E-state index contributed by atoms with van der Waals surface area (Å²) in [6.07, 6.45) is 8.45. The average molecular weight is 726 g/mol. The molecule has 5 aromatic carbocycles. The number of aryl methyl sites for hydroxylation is 1. The lowest BCUT2D eigenvalue weighted by atomic mass is 9.77. The Morgan fingerprint density at radius 3 is 2.39 bits per heavy atom. The SMILES string of the molecule is C=C1CC2C(CCc3cc4c(cc3-c3cc(CC(C)(C)C)cc[n+]31)c1cc3oc5ccccc5c3c3c5ccccc5n4c13)c1ccccc1-c1cccc[n+]12. The molecule has 0 radical (unpaired) electrons. The summed E-state index contributed by atoms with van der Waals surface area (Å²) in [5.41, 5.74) is 16.3. The van der Waals surface area contributed by atoms with Crippen LogP contribution in [0.3, 0.4) is 0 Å². The zero-order valence-electron chi connectivity index (χ0n) is 32.1. The summed E-state index contributed by atoms with van der Waals surface area (Å²) in [5.74, 6) is 0.336. The van der Waals surface area contributed by atoms with Crippen LogP contribution >= 0.6 is 0 Å². The molecule has 12 rings (SSSR count). The van der Waals surface area contributed by atoms with Crippen LogP contribution in [-0.4, -0.2) is 4.40 Å². The largest absolute Gasteiger partial charge is 0.456 e. The van der Waals surface area contributed by atoms with E-state index in [0.29, 0.717) is 5.92 Å². The van der Waals surface area contributed by atoms with Crippen LogP contribution in [0.4, 0.5) is 0 Å².